The highest BCUT2D eigenvalue weighted by Gasteiger charge is 2.12. The number of carboxylic acid groups (broad SMARTS) is 1. The average Bonchev–Trinajstić information content (AvgIpc) is 2.84. The van der Waals surface area contributed by atoms with Crippen LogP contribution < -0.4 is 4.74 Å². The number of benzene rings is 1. The van der Waals surface area contributed by atoms with Crippen molar-refractivity contribution >= 4 is 17.3 Å². The molecular weight excluding hydrogens is 298 g/mol. The Bertz CT molecular complexity index is 664. The summed E-state index contributed by atoms with van der Waals surface area (Å²) in [6.45, 7) is 4.07. The van der Waals surface area contributed by atoms with Crippen LogP contribution in [-0.4, -0.2) is 23.2 Å². The first-order valence-corrected chi connectivity index (χ1v) is 8.17. The normalized spacial score (nSPS) is 10.7. The van der Waals surface area contributed by atoms with Gasteiger partial charge in [0, 0.05) is 16.9 Å². The van der Waals surface area contributed by atoms with Gasteiger partial charge in [0.15, 0.2) is 0 Å². The second kappa shape index (κ2) is 7.40. The first-order chi connectivity index (χ1) is 10.5. The monoisotopic (exact) mass is 319 g/mol. The summed E-state index contributed by atoms with van der Waals surface area (Å²) in [6, 6.07) is 6.24. The molecule has 0 radical (unpaired) electrons. The molecule has 0 spiro atoms. The van der Waals surface area contributed by atoms with Crippen LogP contribution in [0.4, 0.5) is 0 Å². The van der Waals surface area contributed by atoms with Crippen molar-refractivity contribution in [2.45, 2.75) is 39.5 Å². The summed E-state index contributed by atoms with van der Waals surface area (Å²) in [4.78, 5) is 16.3. The molecule has 0 fully saturated rings. The van der Waals surface area contributed by atoms with Gasteiger partial charge < -0.3 is 9.84 Å². The molecule has 4 nitrogen and oxygen atoms in total. The van der Waals surface area contributed by atoms with Crippen molar-refractivity contribution in [3.63, 3.8) is 0 Å². The number of nitrogens with zero attached hydrogens (tertiary/aromatic N) is 1. The molecule has 0 unspecified atom stereocenters. The zero-order valence-electron chi connectivity index (χ0n) is 13.2. The average molecular weight is 319 g/mol. The Hall–Kier alpha value is -1.88. The van der Waals surface area contributed by atoms with Crippen LogP contribution >= 0.6 is 11.3 Å². The lowest BCUT2D eigenvalue weighted by molar-refractivity contribution is -0.136. The number of carbonyl (C=O) groups is 1. The number of carboxylic acids is 1. The van der Waals surface area contributed by atoms with E-state index in [0.29, 0.717) is 6.42 Å². The van der Waals surface area contributed by atoms with E-state index in [2.05, 4.69) is 24.0 Å². The van der Waals surface area contributed by atoms with Gasteiger partial charge in [0.2, 0.25) is 0 Å². The Morgan fingerprint density at radius 1 is 1.41 bits per heavy atom. The van der Waals surface area contributed by atoms with Crippen LogP contribution in [0.15, 0.2) is 18.2 Å². The van der Waals surface area contributed by atoms with Crippen molar-refractivity contribution in [3.8, 4) is 5.75 Å². The SMILES string of the molecule is CCc1ccc(OC)c(Cc2nc(C)c(CCC(=O)O)s2)c1. The lowest BCUT2D eigenvalue weighted by Crippen LogP contribution is -1.96. The van der Waals surface area contributed by atoms with Crippen molar-refractivity contribution in [2.24, 2.45) is 0 Å². The topological polar surface area (TPSA) is 59.4 Å². The lowest BCUT2D eigenvalue weighted by Gasteiger charge is -2.09. The predicted molar refractivity (Wildman–Crippen MR) is 88.0 cm³/mol. The van der Waals surface area contributed by atoms with Crippen LogP contribution in [0.1, 0.15) is 40.1 Å². The standard InChI is InChI=1S/C17H21NO3S/c1-4-12-5-6-14(21-3)13(9-12)10-16-18-11(2)15(22-16)7-8-17(19)20/h5-6,9H,4,7-8,10H2,1-3H3,(H,19,20). The van der Waals surface area contributed by atoms with Crippen molar-refractivity contribution < 1.29 is 14.6 Å². The molecule has 2 rings (SSSR count). The zero-order valence-corrected chi connectivity index (χ0v) is 14.0. The van der Waals surface area contributed by atoms with Gasteiger partial charge in [-0.25, -0.2) is 4.98 Å². The van der Waals surface area contributed by atoms with Crippen molar-refractivity contribution in [1.82, 2.24) is 4.98 Å². The summed E-state index contributed by atoms with van der Waals surface area (Å²) >= 11 is 1.60. The van der Waals surface area contributed by atoms with Gasteiger partial charge in [0.1, 0.15) is 5.75 Å². The van der Waals surface area contributed by atoms with Crippen LogP contribution in [0, 0.1) is 6.92 Å². The molecular formula is C17H21NO3S. The number of rotatable bonds is 7. The highest BCUT2D eigenvalue weighted by atomic mass is 32.1. The first kappa shape index (κ1) is 16.5. The number of aromatic nitrogens is 1. The molecule has 0 aliphatic heterocycles. The minimum Gasteiger partial charge on any atom is -0.496 e. The highest BCUT2D eigenvalue weighted by molar-refractivity contribution is 7.11. The molecule has 0 amide bonds. The Morgan fingerprint density at radius 3 is 2.82 bits per heavy atom. The van der Waals surface area contributed by atoms with Crippen LogP contribution in [0.2, 0.25) is 0 Å². The number of methoxy groups -OCH3 is 1. The molecule has 118 valence electrons. The molecule has 0 aliphatic rings. The predicted octanol–water partition coefficient (Wildman–Crippen LogP) is 3.63. The quantitative estimate of drug-likeness (QED) is 0.846. The van der Waals surface area contributed by atoms with Gasteiger partial charge in [-0.1, -0.05) is 19.1 Å². The number of aliphatic carboxylic acids is 1. The summed E-state index contributed by atoms with van der Waals surface area (Å²) in [5, 5.41) is 9.81. The molecule has 1 aromatic carbocycles. The number of thiazole rings is 1. The minimum atomic E-state index is -0.772. The minimum absolute atomic E-state index is 0.150. The molecule has 0 aliphatic carbocycles. The number of hydrogen-bond acceptors (Lipinski definition) is 4. The number of aryl methyl sites for hydroxylation is 3. The third kappa shape index (κ3) is 4.07. The van der Waals surface area contributed by atoms with Gasteiger partial charge in [0.25, 0.3) is 0 Å². The zero-order chi connectivity index (χ0) is 16.1. The van der Waals surface area contributed by atoms with Gasteiger partial charge in [-0.05, 0) is 31.4 Å². The summed E-state index contributed by atoms with van der Waals surface area (Å²) in [7, 11) is 1.68. The van der Waals surface area contributed by atoms with E-state index in [1.54, 1.807) is 18.4 Å². The largest absolute Gasteiger partial charge is 0.496 e. The Morgan fingerprint density at radius 2 is 2.18 bits per heavy atom. The Balaban J connectivity index is 2.20. The van der Waals surface area contributed by atoms with Crippen LogP contribution in [0.3, 0.4) is 0 Å². The highest BCUT2D eigenvalue weighted by Crippen LogP contribution is 2.27. The Kier molecular flexibility index (Phi) is 5.55. The van der Waals surface area contributed by atoms with E-state index in [0.717, 1.165) is 39.7 Å². The molecule has 0 saturated heterocycles. The number of hydrogen-bond donors (Lipinski definition) is 1. The second-order valence-electron chi connectivity index (χ2n) is 5.19. The molecule has 1 aromatic heterocycles. The first-order valence-electron chi connectivity index (χ1n) is 7.36. The van der Waals surface area contributed by atoms with E-state index in [-0.39, 0.29) is 6.42 Å². The maximum absolute atomic E-state index is 10.7. The van der Waals surface area contributed by atoms with Gasteiger partial charge in [0.05, 0.1) is 24.2 Å². The number of ether oxygens (including phenoxy) is 1. The third-order valence-electron chi connectivity index (χ3n) is 3.60. The maximum atomic E-state index is 10.7. The molecule has 1 heterocycles. The van der Waals surface area contributed by atoms with Gasteiger partial charge in [-0.2, -0.15) is 0 Å². The van der Waals surface area contributed by atoms with E-state index >= 15 is 0 Å². The Labute approximate surface area is 134 Å². The van der Waals surface area contributed by atoms with Crippen LogP contribution in [-0.2, 0) is 24.1 Å². The van der Waals surface area contributed by atoms with Gasteiger partial charge in [-0.3, -0.25) is 4.79 Å². The van der Waals surface area contributed by atoms with Crippen LogP contribution in [0.25, 0.3) is 0 Å². The van der Waals surface area contributed by atoms with E-state index in [4.69, 9.17) is 9.84 Å². The fourth-order valence-corrected chi connectivity index (χ4v) is 3.46. The fourth-order valence-electron chi connectivity index (χ4n) is 2.37. The molecule has 22 heavy (non-hydrogen) atoms. The third-order valence-corrected chi connectivity index (χ3v) is 4.81. The van der Waals surface area contributed by atoms with E-state index in [1.165, 1.54) is 5.56 Å². The van der Waals surface area contributed by atoms with E-state index in [9.17, 15) is 4.79 Å². The fraction of sp³-hybridized carbons (Fsp3) is 0.412. The summed E-state index contributed by atoms with van der Waals surface area (Å²) in [6.07, 6.45) is 2.40. The summed E-state index contributed by atoms with van der Waals surface area (Å²) < 4.78 is 5.43. The second-order valence-corrected chi connectivity index (χ2v) is 6.35. The molecule has 5 heteroatoms. The molecule has 2 aromatic rings. The molecule has 1 N–H and O–H groups in total. The van der Waals surface area contributed by atoms with E-state index in [1.807, 2.05) is 13.0 Å². The molecule has 0 atom stereocenters. The van der Waals surface area contributed by atoms with Crippen molar-refractivity contribution in [1.29, 1.82) is 0 Å². The smallest absolute Gasteiger partial charge is 0.303 e. The summed E-state index contributed by atoms with van der Waals surface area (Å²) in [5.74, 6) is 0.101. The summed E-state index contributed by atoms with van der Waals surface area (Å²) in [5.41, 5.74) is 3.34. The van der Waals surface area contributed by atoms with Gasteiger partial charge in [-0.15, -0.1) is 11.3 Å². The van der Waals surface area contributed by atoms with Crippen molar-refractivity contribution in [3.05, 3.63) is 44.9 Å². The molecule has 0 bridgehead atoms. The van der Waals surface area contributed by atoms with Crippen LogP contribution in [0.5, 0.6) is 5.75 Å². The van der Waals surface area contributed by atoms with Crippen molar-refractivity contribution in [2.75, 3.05) is 7.11 Å². The molecule has 0 saturated carbocycles. The lowest BCUT2D eigenvalue weighted by atomic mass is 10.1. The van der Waals surface area contributed by atoms with Gasteiger partial charge >= 0.3 is 5.97 Å². The maximum Gasteiger partial charge on any atom is 0.303 e. The van der Waals surface area contributed by atoms with E-state index < -0.39 is 5.97 Å².